The fourth-order valence-electron chi connectivity index (χ4n) is 1.86. The molecule has 1 fully saturated rings. The van der Waals surface area contributed by atoms with E-state index < -0.39 is 0 Å². The Kier molecular flexibility index (Phi) is 5.29. The third kappa shape index (κ3) is 4.30. The smallest absolute Gasteiger partial charge is 0.0642 e. The van der Waals surface area contributed by atoms with Crippen LogP contribution >= 0.6 is 15.9 Å². The lowest BCUT2D eigenvalue weighted by atomic mass is 10.2. The zero-order valence-corrected chi connectivity index (χ0v) is 11.4. The Morgan fingerprint density at radius 2 is 2.06 bits per heavy atom. The topological polar surface area (TPSA) is 30.5 Å². The maximum atomic E-state index is 5.79. The molecule has 0 saturated carbocycles. The first-order valence-electron chi connectivity index (χ1n) is 6.04. The van der Waals surface area contributed by atoms with Crippen LogP contribution in [-0.4, -0.2) is 32.5 Å². The van der Waals surface area contributed by atoms with Gasteiger partial charge in [-0.2, -0.15) is 0 Å². The van der Waals surface area contributed by atoms with Crippen LogP contribution in [0, 0.1) is 0 Å². The van der Waals surface area contributed by atoms with Gasteiger partial charge in [-0.25, -0.2) is 0 Å². The van der Waals surface area contributed by atoms with Gasteiger partial charge in [0.2, 0.25) is 0 Å². The number of ether oxygens (including phenoxy) is 2. The van der Waals surface area contributed by atoms with Crippen molar-refractivity contribution in [2.45, 2.75) is 18.9 Å². The molecule has 0 radical (unpaired) electrons. The molecule has 1 saturated heterocycles. The summed E-state index contributed by atoms with van der Waals surface area (Å²) in [5, 5.41) is 3.35. The van der Waals surface area contributed by atoms with Crippen LogP contribution in [0.2, 0.25) is 0 Å². The van der Waals surface area contributed by atoms with Gasteiger partial charge < -0.3 is 14.8 Å². The van der Waals surface area contributed by atoms with Crippen molar-refractivity contribution >= 4 is 21.6 Å². The number of para-hydroxylation sites is 1. The van der Waals surface area contributed by atoms with Gasteiger partial charge in [-0.15, -0.1) is 0 Å². The molecular weight excluding hydrogens is 282 g/mol. The standard InChI is InChI=1S/C13H18BrNO2/c14-12-3-1-2-4-13(12)15-7-10-17-11-5-8-16-9-6-11/h1-4,11,15H,5-10H2. The molecule has 0 aliphatic carbocycles. The highest BCUT2D eigenvalue weighted by atomic mass is 79.9. The van der Waals surface area contributed by atoms with Crippen LogP contribution in [-0.2, 0) is 9.47 Å². The summed E-state index contributed by atoms with van der Waals surface area (Å²) in [5.74, 6) is 0. The van der Waals surface area contributed by atoms with Crippen molar-refractivity contribution in [3.05, 3.63) is 28.7 Å². The highest BCUT2D eigenvalue weighted by Crippen LogP contribution is 2.20. The average Bonchev–Trinajstić information content (AvgIpc) is 2.38. The highest BCUT2D eigenvalue weighted by molar-refractivity contribution is 9.10. The zero-order valence-electron chi connectivity index (χ0n) is 9.82. The molecule has 1 aromatic carbocycles. The lowest BCUT2D eigenvalue weighted by Gasteiger charge is -2.22. The average molecular weight is 300 g/mol. The van der Waals surface area contributed by atoms with Gasteiger partial charge in [-0.3, -0.25) is 0 Å². The van der Waals surface area contributed by atoms with Gasteiger partial charge in [-0.1, -0.05) is 12.1 Å². The Balaban J connectivity index is 1.64. The third-order valence-corrected chi connectivity index (χ3v) is 3.50. The van der Waals surface area contributed by atoms with E-state index in [4.69, 9.17) is 9.47 Å². The monoisotopic (exact) mass is 299 g/mol. The highest BCUT2D eigenvalue weighted by Gasteiger charge is 2.13. The van der Waals surface area contributed by atoms with Crippen LogP contribution in [0.1, 0.15) is 12.8 Å². The van der Waals surface area contributed by atoms with Crippen LogP contribution in [0.25, 0.3) is 0 Å². The maximum Gasteiger partial charge on any atom is 0.0642 e. The van der Waals surface area contributed by atoms with Crippen molar-refractivity contribution in [3.8, 4) is 0 Å². The third-order valence-electron chi connectivity index (χ3n) is 2.81. The summed E-state index contributed by atoms with van der Waals surface area (Å²) in [4.78, 5) is 0. The summed E-state index contributed by atoms with van der Waals surface area (Å²) in [6, 6.07) is 8.11. The van der Waals surface area contributed by atoms with Crippen LogP contribution in [0.15, 0.2) is 28.7 Å². The van der Waals surface area contributed by atoms with E-state index in [1.165, 1.54) is 0 Å². The molecule has 0 aromatic heterocycles. The summed E-state index contributed by atoms with van der Waals surface area (Å²) < 4.78 is 12.2. The number of anilines is 1. The van der Waals surface area contributed by atoms with E-state index in [-0.39, 0.29) is 0 Å². The Labute approximate surface area is 111 Å². The Morgan fingerprint density at radius 3 is 2.82 bits per heavy atom. The summed E-state index contributed by atoms with van der Waals surface area (Å²) in [5.41, 5.74) is 1.11. The van der Waals surface area contributed by atoms with Gasteiger partial charge in [0.25, 0.3) is 0 Å². The Bertz CT molecular complexity index is 340. The molecular formula is C13H18BrNO2. The van der Waals surface area contributed by atoms with E-state index in [2.05, 4.69) is 27.3 Å². The number of rotatable bonds is 5. The Hall–Kier alpha value is -0.580. The van der Waals surface area contributed by atoms with Gasteiger partial charge in [-0.05, 0) is 40.9 Å². The van der Waals surface area contributed by atoms with Gasteiger partial charge >= 0.3 is 0 Å². The molecule has 1 aromatic rings. The van der Waals surface area contributed by atoms with Gasteiger partial charge in [0.05, 0.1) is 12.7 Å². The zero-order chi connectivity index (χ0) is 11.9. The summed E-state index contributed by atoms with van der Waals surface area (Å²) >= 11 is 3.51. The molecule has 94 valence electrons. The predicted octanol–water partition coefficient (Wildman–Crippen LogP) is 3.06. The lowest BCUT2D eigenvalue weighted by Crippen LogP contribution is -2.25. The van der Waals surface area contributed by atoms with Crippen molar-refractivity contribution in [2.75, 3.05) is 31.7 Å². The van der Waals surface area contributed by atoms with E-state index >= 15 is 0 Å². The first-order chi connectivity index (χ1) is 8.36. The molecule has 1 aliphatic heterocycles. The number of nitrogens with one attached hydrogen (secondary N) is 1. The van der Waals surface area contributed by atoms with Crippen molar-refractivity contribution in [3.63, 3.8) is 0 Å². The van der Waals surface area contributed by atoms with Gasteiger partial charge in [0.1, 0.15) is 0 Å². The summed E-state index contributed by atoms with van der Waals surface area (Å²) in [7, 11) is 0. The minimum atomic E-state index is 0.379. The second kappa shape index (κ2) is 6.99. The molecule has 0 spiro atoms. The molecule has 0 unspecified atom stereocenters. The van der Waals surface area contributed by atoms with Crippen LogP contribution in [0.3, 0.4) is 0 Å². The molecule has 1 N–H and O–H groups in total. The normalized spacial score (nSPS) is 17.0. The lowest BCUT2D eigenvalue weighted by molar-refractivity contribution is -0.0283. The largest absolute Gasteiger partial charge is 0.382 e. The molecule has 17 heavy (non-hydrogen) atoms. The minimum Gasteiger partial charge on any atom is -0.382 e. The summed E-state index contributed by atoms with van der Waals surface area (Å²) in [6.45, 7) is 3.25. The summed E-state index contributed by atoms with van der Waals surface area (Å²) in [6.07, 6.45) is 2.43. The van der Waals surface area contributed by atoms with Crippen LogP contribution in [0.4, 0.5) is 5.69 Å². The van der Waals surface area contributed by atoms with Crippen molar-refractivity contribution in [2.24, 2.45) is 0 Å². The molecule has 0 amide bonds. The second-order valence-electron chi connectivity index (χ2n) is 4.09. The molecule has 0 bridgehead atoms. The van der Waals surface area contributed by atoms with Crippen LogP contribution in [0.5, 0.6) is 0 Å². The number of hydrogen-bond acceptors (Lipinski definition) is 3. The predicted molar refractivity (Wildman–Crippen MR) is 72.4 cm³/mol. The van der Waals surface area contributed by atoms with Crippen LogP contribution < -0.4 is 5.32 Å². The first-order valence-corrected chi connectivity index (χ1v) is 6.83. The number of halogens is 1. The molecule has 0 atom stereocenters. The fraction of sp³-hybridized carbons (Fsp3) is 0.538. The van der Waals surface area contributed by atoms with E-state index in [1.54, 1.807) is 0 Å². The van der Waals surface area contributed by atoms with Gasteiger partial charge in [0, 0.05) is 29.9 Å². The Morgan fingerprint density at radius 1 is 1.29 bits per heavy atom. The maximum absolute atomic E-state index is 5.79. The number of benzene rings is 1. The van der Waals surface area contributed by atoms with Crippen molar-refractivity contribution in [1.29, 1.82) is 0 Å². The SMILES string of the molecule is Brc1ccccc1NCCOC1CCOCC1. The minimum absolute atomic E-state index is 0.379. The molecule has 1 heterocycles. The van der Waals surface area contributed by atoms with E-state index in [0.717, 1.165) is 49.4 Å². The fourth-order valence-corrected chi connectivity index (χ4v) is 2.28. The molecule has 3 nitrogen and oxygen atoms in total. The van der Waals surface area contributed by atoms with Crippen molar-refractivity contribution in [1.82, 2.24) is 0 Å². The van der Waals surface area contributed by atoms with E-state index in [9.17, 15) is 0 Å². The quantitative estimate of drug-likeness (QED) is 0.848. The molecule has 4 heteroatoms. The molecule has 1 aliphatic rings. The van der Waals surface area contributed by atoms with E-state index in [1.807, 2.05) is 18.2 Å². The second-order valence-corrected chi connectivity index (χ2v) is 4.94. The van der Waals surface area contributed by atoms with Gasteiger partial charge in [0.15, 0.2) is 0 Å². The first kappa shape index (κ1) is 12.9. The molecule has 2 rings (SSSR count). The van der Waals surface area contributed by atoms with E-state index in [0.29, 0.717) is 6.10 Å². The van der Waals surface area contributed by atoms with Crippen molar-refractivity contribution < 1.29 is 9.47 Å². The number of hydrogen-bond donors (Lipinski definition) is 1.